The second-order valence-electron chi connectivity index (χ2n) is 4.48. The fourth-order valence-corrected chi connectivity index (χ4v) is 3.05. The van der Waals surface area contributed by atoms with Crippen molar-refractivity contribution in [3.8, 4) is 0 Å². The molecule has 0 unspecified atom stereocenters. The third kappa shape index (κ3) is 4.49. The Morgan fingerprint density at radius 3 is 3.00 bits per heavy atom. The maximum absolute atomic E-state index is 11.4. The van der Waals surface area contributed by atoms with Crippen LogP contribution in [0.25, 0.3) is 0 Å². The summed E-state index contributed by atoms with van der Waals surface area (Å²) in [5.41, 5.74) is 6.38. The van der Waals surface area contributed by atoms with Gasteiger partial charge in [0.05, 0.1) is 5.02 Å². The molecule has 0 saturated heterocycles. The van der Waals surface area contributed by atoms with Crippen LogP contribution in [-0.2, 0) is 6.54 Å². The van der Waals surface area contributed by atoms with Gasteiger partial charge in [0.25, 0.3) is 5.56 Å². The van der Waals surface area contributed by atoms with Crippen LogP contribution in [0, 0.1) is 0 Å². The number of nitrogens with two attached hydrogens (primary N) is 1. The molecule has 5 nitrogen and oxygen atoms in total. The molecule has 112 valence electrons. The minimum absolute atomic E-state index is 0.193. The summed E-state index contributed by atoms with van der Waals surface area (Å²) in [4.78, 5) is 19.1. The molecule has 4 N–H and O–H groups in total. The van der Waals surface area contributed by atoms with E-state index in [9.17, 15) is 4.79 Å². The summed E-state index contributed by atoms with van der Waals surface area (Å²) in [6.07, 6.45) is 1.06. The van der Waals surface area contributed by atoms with Crippen LogP contribution in [0.5, 0.6) is 0 Å². The van der Waals surface area contributed by atoms with Crippen LogP contribution in [-0.4, -0.2) is 16.5 Å². The summed E-state index contributed by atoms with van der Waals surface area (Å²) in [5, 5.41) is 4.40. The summed E-state index contributed by atoms with van der Waals surface area (Å²) < 4.78 is 0. The molecule has 0 aliphatic carbocycles. The van der Waals surface area contributed by atoms with Crippen molar-refractivity contribution >= 4 is 29.2 Å². The van der Waals surface area contributed by atoms with Gasteiger partial charge in [-0.1, -0.05) is 30.7 Å². The number of nitrogen functional groups attached to an aromatic ring is 1. The molecule has 0 saturated carbocycles. The molecule has 0 amide bonds. The summed E-state index contributed by atoms with van der Waals surface area (Å²) in [6, 6.07) is 6.98. The van der Waals surface area contributed by atoms with Gasteiger partial charge in [0.1, 0.15) is 5.82 Å². The number of benzene rings is 1. The Balaban J connectivity index is 2.27. The van der Waals surface area contributed by atoms with Gasteiger partial charge in [0.2, 0.25) is 0 Å². The van der Waals surface area contributed by atoms with E-state index in [1.54, 1.807) is 0 Å². The predicted molar refractivity (Wildman–Crippen MR) is 86.8 cm³/mol. The summed E-state index contributed by atoms with van der Waals surface area (Å²) in [6.45, 7) is 3.76. The number of aromatic amines is 1. The number of hydrogen-bond donors (Lipinski definition) is 3. The third-order valence-corrected chi connectivity index (χ3v) is 4.23. The van der Waals surface area contributed by atoms with Gasteiger partial charge in [-0.05, 0) is 36.4 Å². The number of halogens is 1. The van der Waals surface area contributed by atoms with Crippen LogP contribution in [0.4, 0.5) is 5.82 Å². The lowest BCUT2D eigenvalue weighted by atomic mass is 10.2. The van der Waals surface area contributed by atoms with Crippen molar-refractivity contribution in [2.45, 2.75) is 29.9 Å². The van der Waals surface area contributed by atoms with Crippen molar-refractivity contribution in [3.05, 3.63) is 45.2 Å². The van der Waals surface area contributed by atoms with Gasteiger partial charge in [0, 0.05) is 17.5 Å². The highest BCUT2D eigenvalue weighted by Gasteiger charge is 2.11. The largest absolute Gasteiger partial charge is 0.383 e. The molecule has 0 aliphatic heterocycles. The molecule has 7 heteroatoms. The Morgan fingerprint density at radius 1 is 1.48 bits per heavy atom. The second kappa shape index (κ2) is 7.49. The van der Waals surface area contributed by atoms with Gasteiger partial charge < -0.3 is 16.0 Å². The Labute approximate surface area is 132 Å². The number of nitrogens with zero attached hydrogens (tertiary/aromatic N) is 1. The quantitative estimate of drug-likeness (QED) is 0.562. The second-order valence-corrected chi connectivity index (χ2v) is 5.89. The fraction of sp³-hybridized carbons (Fsp3) is 0.286. The van der Waals surface area contributed by atoms with Crippen molar-refractivity contribution in [3.63, 3.8) is 0 Å². The van der Waals surface area contributed by atoms with Crippen LogP contribution >= 0.6 is 23.4 Å². The monoisotopic (exact) mass is 324 g/mol. The number of hydrogen-bond acceptors (Lipinski definition) is 5. The summed E-state index contributed by atoms with van der Waals surface area (Å²) in [7, 11) is 0. The van der Waals surface area contributed by atoms with Gasteiger partial charge in [0.15, 0.2) is 5.16 Å². The van der Waals surface area contributed by atoms with Gasteiger partial charge in [-0.2, -0.15) is 0 Å². The van der Waals surface area contributed by atoms with Gasteiger partial charge in [-0.25, -0.2) is 4.98 Å². The topological polar surface area (TPSA) is 83.8 Å². The highest BCUT2D eigenvalue weighted by atomic mass is 35.5. The molecule has 0 aliphatic rings. The molecule has 0 atom stereocenters. The first-order chi connectivity index (χ1) is 10.1. The normalized spacial score (nSPS) is 10.8. The van der Waals surface area contributed by atoms with Crippen LogP contribution in [0.15, 0.2) is 39.1 Å². The van der Waals surface area contributed by atoms with E-state index in [1.165, 1.54) is 17.8 Å². The van der Waals surface area contributed by atoms with Crippen LogP contribution < -0.4 is 16.6 Å². The average Bonchev–Trinajstić information content (AvgIpc) is 2.41. The number of H-pyrrole nitrogens is 1. The SMILES string of the molecule is CCCNCc1cccc(Cl)c1Sc1nc(N)cc(=O)[nH]1. The van der Waals surface area contributed by atoms with Crippen molar-refractivity contribution in [2.75, 3.05) is 12.3 Å². The Morgan fingerprint density at radius 2 is 2.29 bits per heavy atom. The lowest BCUT2D eigenvalue weighted by Gasteiger charge is -2.11. The third-order valence-electron chi connectivity index (χ3n) is 2.73. The molecule has 0 fully saturated rings. The highest BCUT2D eigenvalue weighted by molar-refractivity contribution is 7.99. The van der Waals surface area contributed by atoms with E-state index in [2.05, 4.69) is 22.2 Å². The first-order valence-corrected chi connectivity index (χ1v) is 7.82. The molecular formula is C14H17ClN4OS. The van der Waals surface area contributed by atoms with Crippen molar-refractivity contribution < 1.29 is 0 Å². The van der Waals surface area contributed by atoms with Crippen LogP contribution in [0.2, 0.25) is 5.02 Å². The molecular weight excluding hydrogens is 308 g/mol. The van der Waals surface area contributed by atoms with Crippen molar-refractivity contribution in [1.29, 1.82) is 0 Å². The maximum Gasteiger partial charge on any atom is 0.253 e. The Kier molecular flexibility index (Phi) is 5.67. The van der Waals surface area contributed by atoms with E-state index in [0.29, 0.717) is 16.7 Å². The lowest BCUT2D eigenvalue weighted by molar-refractivity contribution is 0.669. The number of nitrogens with one attached hydrogen (secondary N) is 2. The Hall–Kier alpha value is -1.50. The molecule has 21 heavy (non-hydrogen) atoms. The van der Waals surface area contributed by atoms with E-state index in [4.69, 9.17) is 17.3 Å². The van der Waals surface area contributed by atoms with E-state index >= 15 is 0 Å². The van der Waals surface area contributed by atoms with Crippen LogP contribution in [0.1, 0.15) is 18.9 Å². The minimum atomic E-state index is -0.275. The standard InChI is InChI=1S/C14H17ClN4OS/c1-2-6-17-8-9-4-3-5-10(15)13(9)21-14-18-11(16)7-12(20)19-14/h3-5,7,17H,2,6,8H2,1H3,(H3,16,18,19,20). The van der Waals surface area contributed by atoms with E-state index in [0.717, 1.165) is 23.4 Å². The van der Waals surface area contributed by atoms with E-state index in [1.807, 2.05) is 18.2 Å². The molecule has 0 spiro atoms. The predicted octanol–water partition coefficient (Wildman–Crippen LogP) is 2.66. The zero-order valence-corrected chi connectivity index (χ0v) is 13.2. The average molecular weight is 325 g/mol. The first-order valence-electron chi connectivity index (χ1n) is 6.63. The van der Waals surface area contributed by atoms with E-state index in [-0.39, 0.29) is 11.4 Å². The Bertz CT molecular complexity index is 674. The fourth-order valence-electron chi connectivity index (χ4n) is 1.81. The van der Waals surface area contributed by atoms with Gasteiger partial charge >= 0.3 is 0 Å². The van der Waals surface area contributed by atoms with Gasteiger partial charge in [-0.15, -0.1) is 0 Å². The molecule has 2 rings (SSSR count). The number of anilines is 1. The van der Waals surface area contributed by atoms with E-state index < -0.39 is 0 Å². The smallest absolute Gasteiger partial charge is 0.253 e. The molecule has 0 bridgehead atoms. The number of aromatic nitrogens is 2. The highest BCUT2D eigenvalue weighted by Crippen LogP contribution is 2.34. The van der Waals surface area contributed by atoms with Crippen molar-refractivity contribution in [2.24, 2.45) is 0 Å². The minimum Gasteiger partial charge on any atom is -0.383 e. The van der Waals surface area contributed by atoms with Gasteiger partial charge in [-0.3, -0.25) is 4.79 Å². The molecule has 1 heterocycles. The summed E-state index contributed by atoms with van der Waals surface area (Å²) >= 11 is 7.58. The summed E-state index contributed by atoms with van der Waals surface area (Å²) in [5.74, 6) is 0.193. The molecule has 1 aromatic heterocycles. The van der Waals surface area contributed by atoms with Crippen molar-refractivity contribution in [1.82, 2.24) is 15.3 Å². The lowest BCUT2D eigenvalue weighted by Crippen LogP contribution is -2.14. The van der Waals surface area contributed by atoms with Crippen LogP contribution in [0.3, 0.4) is 0 Å². The number of rotatable bonds is 6. The zero-order valence-electron chi connectivity index (χ0n) is 11.6. The zero-order chi connectivity index (χ0) is 15.2. The molecule has 1 aromatic carbocycles. The first kappa shape index (κ1) is 15.9. The maximum atomic E-state index is 11.4. The molecule has 0 radical (unpaired) electrons. The molecule has 2 aromatic rings.